The van der Waals surface area contributed by atoms with Crippen molar-refractivity contribution < 1.29 is 28.0 Å². The number of nitrogens with zero attached hydrogens (tertiary/aromatic N) is 3. The molecule has 12 nitrogen and oxygen atoms in total. The van der Waals surface area contributed by atoms with E-state index in [1.54, 1.807) is 24.3 Å². The maximum Gasteiger partial charge on any atom is 0.251 e. The lowest BCUT2D eigenvalue weighted by Gasteiger charge is -2.24. The summed E-state index contributed by atoms with van der Waals surface area (Å²) in [4.78, 5) is 30.2. The molecule has 1 saturated heterocycles. The monoisotopic (exact) mass is 726 g/mol. The summed E-state index contributed by atoms with van der Waals surface area (Å²) in [5.74, 6) is -0.419. The SMILES string of the molecule is Cc1cc(C)c2cccc(OCc3c(Cl)ccc(S(=O)(=O)N4CCC[C@H]4C(=O)NCCCNC(=O)c4cccc(/C(N)=N\O)c4)c3Cl)c2n1. The summed E-state index contributed by atoms with van der Waals surface area (Å²) in [6.07, 6.45) is 1.23. The Morgan fingerprint density at radius 3 is 2.57 bits per heavy atom. The van der Waals surface area contributed by atoms with Gasteiger partial charge >= 0.3 is 0 Å². The zero-order valence-electron chi connectivity index (χ0n) is 26.9. The molecule has 0 unspecified atom stereocenters. The number of aromatic nitrogens is 1. The Hall–Kier alpha value is -4.43. The Labute approximate surface area is 294 Å². The number of oxime groups is 1. The van der Waals surface area contributed by atoms with Crippen LogP contribution in [0.5, 0.6) is 5.75 Å². The van der Waals surface area contributed by atoms with E-state index in [0.29, 0.717) is 47.2 Å². The van der Waals surface area contributed by atoms with Gasteiger partial charge in [-0.15, -0.1) is 0 Å². The predicted octanol–water partition coefficient (Wildman–Crippen LogP) is 4.92. The first-order valence-electron chi connectivity index (χ1n) is 15.5. The topological polar surface area (TPSA) is 176 Å². The second-order valence-electron chi connectivity index (χ2n) is 11.6. The molecule has 5 N–H and O–H groups in total. The van der Waals surface area contributed by atoms with E-state index in [9.17, 15) is 18.0 Å². The molecule has 5 rings (SSSR count). The smallest absolute Gasteiger partial charge is 0.251 e. The standard InChI is InChI=1S/C34H36Cl2N6O6S/c1-20-17-21(2)40-31-24(20)9-4-11-28(31)48-19-25-26(35)12-13-29(30(25)36)49(46,47)42-16-5-10-27(42)34(44)39-15-6-14-38-33(43)23-8-3-7-22(18-23)32(37)41-45/h3-4,7-9,11-13,17-18,27,45H,5-6,10,14-16,19H2,1-2H3,(H2,37,41)(H,38,43)(H,39,44)/t27-/m0/s1. The van der Waals surface area contributed by atoms with Crippen LogP contribution >= 0.6 is 23.2 Å². The summed E-state index contributed by atoms with van der Waals surface area (Å²) in [6, 6.07) is 15.7. The molecule has 1 aliphatic rings. The maximum absolute atomic E-state index is 13.9. The molecule has 1 fully saturated rings. The van der Waals surface area contributed by atoms with Crippen LogP contribution in [0.2, 0.25) is 10.0 Å². The van der Waals surface area contributed by atoms with Crippen molar-refractivity contribution in [2.75, 3.05) is 19.6 Å². The average molecular weight is 728 g/mol. The normalized spacial score (nSPS) is 15.3. The number of para-hydroxylation sites is 1. The molecule has 15 heteroatoms. The van der Waals surface area contributed by atoms with Gasteiger partial charge in [0.15, 0.2) is 5.84 Å². The van der Waals surface area contributed by atoms with Crippen LogP contribution in [0.25, 0.3) is 10.9 Å². The van der Waals surface area contributed by atoms with Crippen molar-refractivity contribution in [1.82, 2.24) is 19.9 Å². The molecule has 2 heterocycles. The van der Waals surface area contributed by atoms with Crippen molar-refractivity contribution in [1.29, 1.82) is 0 Å². The molecular weight excluding hydrogens is 691 g/mol. The number of pyridine rings is 1. The molecule has 1 aliphatic heterocycles. The second kappa shape index (κ2) is 15.4. The Morgan fingerprint density at radius 1 is 1.06 bits per heavy atom. The summed E-state index contributed by atoms with van der Waals surface area (Å²) in [5, 5.41) is 18.4. The third-order valence-corrected chi connectivity index (χ3v) is 11.1. The van der Waals surface area contributed by atoms with Gasteiger partial charge in [0, 0.05) is 52.4 Å². The minimum absolute atomic E-state index is 0.0771. The second-order valence-corrected chi connectivity index (χ2v) is 14.2. The third kappa shape index (κ3) is 7.91. The molecule has 258 valence electrons. The number of fused-ring (bicyclic) bond motifs is 1. The van der Waals surface area contributed by atoms with Gasteiger partial charge in [-0.05, 0) is 75.1 Å². The lowest BCUT2D eigenvalue weighted by molar-refractivity contribution is -0.124. The van der Waals surface area contributed by atoms with E-state index >= 15 is 0 Å². The Bertz CT molecular complexity index is 2040. The minimum atomic E-state index is -4.20. The van der Waals surface area contributed by atoms with Gasteiger partial charge in [0.2, 0.25) is 15.9 Å². The van der Waals surface area contributed by atoms with Gasteiger partial charge < -0.3 is 26.3 Å². The van der Waals surface area contributed by atoms with E-state index in [-0.39, 0.29) is 52.9 Å². The van der Waals surface area contributed by atoms with Gasteiger partial charge in [0.05, 0.1) is 5.02 Å². The first-order valence-corrected chi connectivity index (χ1v) is 17.7. The van der Waals surface area contributed by atoms with Gasteiger partial charge in [-0.2, -0.15) is 4.31 Å². The highest BCUT2D eigenvalue weighted by Crippen LogP contribution is 2.36. The Balaban J connectivity index is 1.21. The molecule has 49 heavy (non-hydrogen) atoms. The van der Waals surface area contributed by atoms with E-state index in [1.165, 1.54) is 22.5 Å². The average Bonchev–Trinajstić information content (AvgIpc) is 3.59. The van der Waals surface area contributed by atoms with Crippen LogP contribution in [0.1, 0.15) is 52.0 Å². The minimum Gasteiger partial charge on any atom is -0.487 e. The molecule has 0 spiro atoms. The molecule has 1 aromatic heterocycles. The van der Waals surface area contributed by atoms with E-state index in [1.807, 2.05) is 32.0 Å². The largest absolute Gasteiger partial charge is 0.487 e. The highest BCUT2D eigenvalue weighted by atomic mass is 35.5. The van der Waals surface area contributed by atoms with E-state index in [4.69, 9.17) is 38.9 Å². The fourth-order valence-electron chi connectivity index (χ4n) is 5.75. The Morgan fingerprint density at radius 2 is 1.80 bits per heavy atom. The lowest BCUT2D eigenvalue weighted by Crippen LogP contribution is -2.46. The summed E-state index contributed by atoms with van der Waals surface area (Å²) in [5.41, 5.74) is 9.17. The number of halogens is 2. The number of amides is 2. The summed E-state index contributed by atoms with van der Waals surface area (Å²) < 4.78 is 35.1. The van der Waals surface area contributed by atoms with Crippen LogP contribution in [-0.4, -0.2) is 66.2 Å². The molecule has 0 bridgehead atoms. The maximum atomic E-state index is 13.9. The highest BCUT2D eigenvalue weighted by molar-refractivity contribution is 7.89. The molecular formula is C34H36Cl2N6O6S. The van der Waals surface area contributed by atoms with Crippen molar-refractivity contribution in [3.63, 3.8) is 0 Å². The van der Waals surface area contributed by atoms with Gasteiger partial charge in [-0.3, -0.25) is 9.59 Å². The van der Waals surface area contributed by atoms with Crippen molar-refractivity contribution in [2.24, 2.45) is 10.9 Å². The molecule has 3 aromatic carbocycles. The quantitative estimate of drug-likeness (QED) is 0.0523. The molecule has 0 radical (unpaired) electrons. The van der Waals surface area contributed by atoms with Crippen LogP contribution in [0, 0.1) is 13.8 Å². The first kappa shape index (κ1) is 35.9. The summed E-state index contributed by atoms with van der Waals surface area (Å²) in [7, 11) is -4.20. The van der Waals surface area contributed by atoms with Gasteiger partial charge in [-0.1, -0.05) is 52.6 Å². The van der Waals surface area contributed by atoms with Crippen LogP contribution in [0.3, 0.4) is 0 Å². The molecule has 1 atom stereocenters. The Kier molecular flexibility index (Phi) is 11.3. The number of rotatable bonds is 12. The van der Waals surface area contributed by atoms with E-state index in [2.05, 4.69) is 20.8 Å². The van der Waals surface area contributed by atoms with E-state index < -0.39 is 22.0 Å². The molecule has 0 saturated carbocycles. The van der Waals surface area contributed by atoms with Gasteiger partial charge in [0.25, 0.3) is 5.91 Å². The number of hydrogen-bond acceptors (Lipinski definition) is 8. The number of hydrogen-bond donors (Lipinski definition) is 4. The fraction of sp³-hybridized carbons (Fsp3) is 0.294. The van der Waals surface area contributed by atoms with Crippen molar-refractivity contribution in [2.45, 2.75) is 50.7 Å². The number of benzene rings is 3. The number of ether oxygens (including phenoxy) is 1. The third-order valence-electron chi connectivity index (χ3n) is 8.22. The number of nitrogens with one attached hydrogen (secondary N) is 2. The summed E-state index contributed by atoms with van der Waals surface area (Å²) in [6.45, 7) is 4.38. The summed E-state index contributed by atoms with van der Waals surface area (Å²) >= 11 is 13.2. The highest BCUT2D eigenvalue weighted by Gasteiger charge is 2.40. The van der Waals surface area contributed by atoms with Crippen molar-refractivity contribution >= 4 is 61.8 Å². The van der Waals surface area contributed by atoms with Crippen molar-refractivity contribution in [3.05, 3.63) is 98.7 Å². The molecule has 4 aromatic rings. The van der Waals surface area contributed by atoms with Crippen LogP contribution in [-0.2, 0) is 21.4 Å². The number of aryl methyl sites for hydroxylation is 2. The predicted molar refractivity (Wildman–Crippen MR) is 188 cm³/mol. The van der Waals surface area contributed by atoms with Gasteiger partial charge in [-0.25, -0.2) is 13.4 Å². The number of carbonyl (C=O) groups is 2. The fourth-order valence-corrected chi connectivity index (χ4v) is 8.27. The number of amidine groups is 1. The van der Waals surface area contributed by atoms with Crippen LogP contribution in [0.15, 0.2) is 70.7 Å². The van der Waals surface area contributed by atoms with Crippen LogP contribution in [0.4, 0.5) is 0 Å². The zero-order chi connectivity index (χ0) is 35.3. The van der Waals surface area contributed by atoms with E-state index in [0.717, 1.165) is 16.6 Å². The lowest BCUT2D eigenvalue weighted by atomic mass is 10.1. The zero-order valence-corrected chi connectivity index (χ0v) is 29.2. The molecule has 2 amide bonds. The first-order chi connectivity index (χ1) is 23.4. The number of carbonyl (C=O) groups excluding carboxylic acids is 2. The number of nitrogens with two attached hydrogens (primary N) is 1. The van der Waals surface area contributed by atoms with Gasteiger partial charge in [0.1, 0.15) is 28.8 Å². The number of sulfonamides is 1. The molecule has 0 aliphatic carbocycles. The van der Waals surface area contributed by atoms with Crippen molar-refractivity contribution in [3.8, 4) is 5.75 Å². The van der Waals surface area contributed by atoms with Crippen LogP contribution < -0.4 is 21.1 Å².